The highest BCUT2D eigenvalue weighted by Gasteiger charge is 2.10. The zero-order valence-corrected chi connectivity index (χ0v) is 16.4. The van der Waals surface area contributed by atoms with Crippen LogP contribution in [-0.2, 0) is 6.42 Å². The second kappa shape index (κ2) is 7.82. The first kappa shape index (κ1) is 19.4. The largest absolute Gasteiger partial charge is 0.494 e. The molecule has 0 aliphatic carbocycles. The van der Waals surface area contributed by atoms with Crippen molar-refractivity contribution in [3.8, 4) is 11.8 Å². The van der Waals surface area contributed by atoms with E-state index < -0.39 is 0 Å². The van der Waals surface area contributed by atoms with Crippen LogP contribution < -0.4 is 15.7 Å². The lowest BCUT2D eigenvalue weighted by molar-refractivity contribution is 0.425. The van der Waals surface area contributed by atoms with Gasteiger partial charge in [-0.3, -0.25) is 4.98 Å². The van der Waals surface area contributed by atoms with Gasteiger partial charge in [0.05, 0.1) is 6.20 Å². The number of nitrogens with one attached hydrogen (secondary N) is 1. The Morgan fingerprint density at radius 2 is 2.07 bits per heavy atom. The number of hydrogen-bond acceptors (Lipinski definition) is 7. The molecule has 154 valence electrons. The maximum atomic E-state index is 13.4. The molecule has 9 nitrogen and oxygen atoms in total. The summed E-state index contributed by atoms with van der Waals surface area (Å²) < 4.78 is 14.9. The quantitative estimate of drug-likeness (QED) is 0.448. The first-order chi connectivity index (χ1) is 14.4. The number of aromatic amines is 1. The molecule has 0 bridgehead atoms. The van der Waals surface area contributed by atoms with E-state index in [2.05, 4.69) is 25.0 Å². The van der Waals surface area contributed by atoms with Crippen LogP contribution in [0.2, 0.25) is 0 Å². The third-order valence-corrected chi connectivity index (χ3v) is 4.43. The molecular formula is C20H20FN7O2. The Morgan fingerprint density at radius 1 is 1.23 bits per heavy atom. The van der Waals surface area contributed by atoms with E-state index >= 15 is 0 Å². The van der Waals surface area contributed by atoms with Crippen molar-refractivity contribution >= 4 is 17.7 Å². The number of aromatic hydroxyl groups is 2. The number of nitrogens with zero attached hydrogens (tertiary/aromatic N) is 6. The van der Waals surface area contributed by atoms with Crippen LogP contribution in [0, 0.1) is 5.82 Å². The summed E-state index contributed by atoms with van der Waals surface area (Å²) in [6.07, 6.45) is 3.78. The third-order valence-electron chi connectivity index (χ3n) is 4.43. The van der Waals surface area contributed by atoms with Gasteiger partial charge in [0.1, 0.15) is 5.82 Å². The van der Waals surface area contributed by atoms with Crippen molar-refractivity contribution < 1.29 is 14.6 Å². The van der Waals surface area contributed by atoms with Crippen molar-refractivity contribution in [3.63, 3.8) is 0 Å². The summed E-state index contributed by atoms with van der Waals surface area (Å²) >= 11 is 0. The molecule has 0 aliphatic rings. The standard InChI is InChI=1S/C20H20FN7O2/c1-27(2)20-25-17-14(9-13-10-16(29)24-18(13)30)11-23-28(17)19(26-20)22-7-6-12-4-3-5-15(21)8-12/h3-5,8-11,24,29-30H,6-7H2,1-2H3. The maximum absolute atomic E-state index is 13.4. The Labute approximate surface area is 170 Å². The van der Waals surface area contributed by atoms with Crippen molar-refractivity contribution in [1.82, 2.24) is 24.6 Å². The van der Waals surface area contributed by atoms with Crippen LogP contribution in [0.25, 0.3) is 11.7 Å². The molecule has 0 fully saturated rings. The minimum absolute atomic E-state index is 0.146. The fraction of sp³-hybridized carbons (Fsp3) is 0.200. The number of aromatic nitrogens is 5. The van der Waals surface area contributed by atoms with E-state index in [1.807, 2.05) is 20.2 Å². The van der Waals surface area contributed by atoms with Crippen molar-refractivity contribution in [2.45, 2.75) is 6.42 Å². The van der Waals surface area contributed by atoms with E-state index in [0.29, 0.717) is 41.0 Å². The molecule has 3 heterocycles. The van der Waals surface area contributed by atoms with Crippen LogP contribution >= 0.6 is 0 Å². The summed E-state index contributed by atoms with van der Waals surface area (Å²) in [6.45, 7) is 0.397. The second-order valence-electron chi connectivity index (χ2n) is 6.92. The van der Waals surface area contributed by atoms with E-state index in [0.717, 1.165) is 5.56 Å². The highest BCUT2D eigenvalue weighted by molar-refractivity contribution is 5.61. The highest BCUT2D eigenvalue weighted by atomic mass is 19.1. The van der Waals surface area contributed by atoms with Crippen LogP contribution in [0.15, 0.2) is 41.5 Å². The van der Waals surface area contributed by atoms with E-state index in [1.54, 1.807) is 23.2 Å². The summed E-state index contributed by atoms with van der Waals surface area (Å²) in [6, 6.07) is 7.80. The predicted molar refractivity (Wildman–Crippen MR) is 109 cm³/mol. The summed E-state index contributed by atoms with van der Waals surface area (Å²) in [5.41, 5.74) is 2.10. The number of anilines is 1. The van der Waals surface area contributed by atoms with Gasteiger partial charge in [-0.05, 0) is 30.2 Å². The lowest BCUT2D eigenvalue weighted by Crippen LogP contribution is -2.27. The van der Waals surface area contributed by atoms with E-state index in [9.17, 15) is 14.6 Å². The fourth-order valence-corrected chi connectivity index (χ4v) is 2.97. The Morgan fingerprint density at radius 3 is 2.77 bits per heavy atom. The molecule has 0 saturated heterocycles. The van der Waals surface area contributed by atoms with E-state index in [1.165, 1.54) is 22.7 Å². The molecule has 3 aromatic heterocycles. The van der Waals surface area contributed by atoms with Crippen LogP contribution in [0.1, 0.15) is 11.1 Å². The van der Waals surface area contributed by atoms with Gasteiger partial charge < -0.3 is 15.1 Å². The molecular weight excluding hydrogens is 389 g/mol. The number of H-pyrrole nitrogens is 1. The lowest BCUT2D eigenvalue weighted by atomic mass is 10.1. The first-order valence-corrected chi connectivity index (χ1v) is 9.21. The van der Waals surface area contributed by atoms with Crippen LogP contribution in [0.4, 0.5) is 10.3 Å². The molecule has 0 atom stereocenters. The summed E-state index contributed by atoms with van der Waals surface area (Å²) in [5, 5.41) is 24.3. The van der Waals surface area contributed by atoms with Crippen molar-refractivity contribution in [2.75, 3.05) is 25.5 Å². The van der Waals surface area contributed by atoms with Crippen LogP contribution in [0.5, 0.6) is 11.8 Å². The Balaban J connectivity index is 1.78. The van der Waals surface area contributed by atoms with Gasteiger partial charge in [0, 0.05) is 37.5 Å². The number of hydrogen-bond donors (Lipinski definition) is 3. The molecule has 0 aliphatic heterocycles. The topological polar surface area (TPSA) is 115 Å². The van der Waals surface area contributed by atoms with Gasteiger partial charge in [-0.1, -0.05) is 12.1 Å². The third kappa shape index (κ3) is 3.93. The Hall–Kier alpha value is -3.95. The molecule has 4 aromatic rings. The zero-order valence-electron chi connectivity index (χ0n) is 16.4. The molecule has 0 radical (unpaired) electrons. The van der Waals surface area contributed by atoms with E-state index in [-0.39, 0.29) is 17.6 Å². The number of halogens is 1. The molecule has 1 aromatic carbocycles. The average molecular weight is 409 g/mol. The summed E-state index contributed by atoms with van der Waals surface area (Å²) in [4.78, 5) is 17.7. The van der Waals surface area contributed by atoms with Gasteiger partial charge in [0.2, 0.25) is 5.95 Å². The second-order valence-corrected chi connectivity index (χ2v) is 6.92. The predicted octanol–water partition coefficient (Wildman–Crippen LogP) is 0.760. The van der Waals surface area contributed by atoms with Gasteiger partial charge in [-0.25, -0.2) is 9.38 Å². The van der Waals surface area contributed by atoms with Crippen molar-refractivity contribution in [3.05, 3.63) is 64.3 Å². The average Bonchev–Trinajstić information content (AvgIpc) is 3.24. The smallest absolute Gasteiger partial charge is 0.251 e. The monoisotopic (exact) mass is 409 g/mol. The van der Waals surface area contributed by atoms with Gasteiger partial charge in [-0.2, -0.15) is 19.6 Å². The summed E-state index contributed by atoms with van der Waals surface area (Å²) in [7, 11) is 3.64. The minimum Gasteiger partial charge on any atom is -0.494 e. The molecule has 30 heavy (non-hydrogen) atoms. The van der Waals surface area contributed by atoms with E-state index in [4.69, 9.17) is 0 Å². The molecule has 4 rings (SSSR count). The SMILES string of the molecule is CN(C)c1nc(=NCCc2cccc(F)c2)n2ncc(=Cc3cc(O)[nH]c3O)c2n1. The number of rotatable bonds is 5. The molecule has 0 saturated carbocycles. The van der Waals surface area contributed by atoms with Crippen molar-refractivity contribution in [2.24, 2.45) is 4.99 Å². The highest BCUT2D eigenvalue weighted by Crippen LogP contribution is 2.21. The molecule has 0 spiro atoms. The Bertz CT molecular complexity index is 1330. The van der Waals surface area contributed by atoms with Gasteiger partial charge in [0.15, 0.2) is 17.4 Å². The molecule has 10 heteroatoms. The van der Waals surface area contributed by atoms with Crippen LogP contribution in [0.3, 0.4) is 0 Å². The zero-order chi connectivity index (χ0) is 21.3. The van der Waals surface area contributed by atoms with Crippen LogP contribution in [-0.4, -0.2) is 55.4 Å². The lowest BCUT2D eigenvalue weighted by Gasteiger charge is -2.09. The van der Waals surface area contributed by atoms with Crippen molar-refractivity contribution in [1.29, 1.82) is 0 Å². The Kier molecular flexibility index (Phi) is 5.05. The molecule has 3 N–H and O–H groups in total. The number of fused-ring (bicyclic) bond motifs is 1. The molecule has 0 amide bonds. The van der Waals surface area contributed by atoms with Gasteiger partial charge in [0.25, 0.3) is 5.62 Å². The normalized spacial score (nSPS) is 12.8. The number of benzene rings is 1. The maximum Gasteiger partial charge on any atom is 0.251 e. The van der Waals surface area contributed by atoms with Gasteiger partial charge >= 0.3 is 0 Å². The minimum atomic E-state index is -0.280. The first-order valence-electron chi connectivity index (χ1n) is 9.21. The van der Waals surface area contributed by atoms with Gasteiger partial charge in [-0.15, -0.1) is 0 Å². The summed E-state index contributed by atoms with van der Waals surface area (Å²) in [5.74, 6) is -0.137. The molecule has 0 unspecified atom stereocenters. The fourth-order valence-electron chi connectivity index (χ4n) is 2.97.